The van der Waals surface area contributed by atoms with E-state index in [0.717, 1.165) is 4.90 Å². The Hall–Kier alpha value is -2.01. The molecule has 0 fully saturated rings. The molecule has 5 heteroatoms. The van der Waals surface area contributed by atoms with Gasteiger partial charge in [-0.25, -0.2) is 4.39 Å². The number of rotatable bonds is 4. The molecular weight excluding hydrogens is 275 g/mol. The number of thioether (sulfide) groups is 1. The zero-order valence-electron chi connectivity index (χ0n) is 11.0. The molecule has 0 saturated carbocycles. The Morgan fingerprint density at radius 2 is 1.75 bits per heavy atom. The van der Waals surface area contributed by atoms with Gasteiger partial charge in [0.05, 0.1) is 5.25 Å². The quantitative estimate of drug-likeness (QED) is 0.669. The molecule has 2 rings (SSSR count). The Labute approximate surface area is 121 Å². The van der Waals surface area contributed by atoms with Crippen molar-refractivity contribution in [1.82, 2.24) is 0 Å². The second kappa shape index (κ2) is 6.43. The molecule has 20 heavy (non-hydrogen) atoms. The maximum atomic E-state index is 12.8. The van der Waals surface area contributed by atoms with E-state index in [1.165, 1.54) is 36.0 Å². The van der Waals surface area contributed by atoms with E-state index in [1.54, 1.807) is 12.1 Å². The minimum atomic E-state index is -0.327. The molecule has 104 valence electrons. The summed E-state index contributed by atoms with van der Waals surface area (Å²) in [6.07, 6.45) is 0. The number of carbonyl (C=O) groups is 1. The van der Waals surface area contributed by atoms with Gasteiger partial charge in [-0.2, -0.15) is 0 Å². The Morgan fingerprint density at radius 3 is 2.35 bits per heavy atom. The van der Waals surface area contributed by atoms with Crippen molar-refractivity contribution in [2.24, 2.45) is 0 Å². The van der Waals surface area contributed by atoms with Crippen LogP contribution in [0.15, 0.2) is 53.4 Å². The van der Waals surface area contributed by atoms with Crippen molar-refractivity contribution in [3.63, 3.8) is 0 Å². The lowest BCUT2D eigenvalue weighted by Gasteiger charge is -2.12. The third-order valence-electron chi connectivity index (χ3n) is 2.67. The summed E-state index contributed by atoms with van der Waals surface area (Å²) in [5.41, 5.74) is 6.89. The van der Waals surface area contributed by atoms with E-state index in [9.17, 15) is 9.18 Å². The summed E-state index contributed by atoms with van der Waals surface area (Å²) in [6, 6.07) is 13.0. The third-order valence-corrected chi connectivity index (χ3v) is 3.79. The summed E-state index contributed by atoms with van der Waals surface area (Å²) >= 11 is 1.44. The van der Waals surface area contributed by atoms with Gasteiger partial charge in [-0.05, 0) is 55.5 Å². The molecule has 0 bridgehead atoms. The summed E-state index contributed by atoms with van der Waals surface area (Å²) < 4.78 is 12.8. The average molecular weight is 290 g/mol. The molecule has 1 atom stereocenters. The van der Waals surface area contributed by atoms with E-state index in [2.05, 4.69) is 5.32 Å². The van der Waals surface area contributed by atoms with Crippen molar-refractivity contribution in [2.75, 3.05) is 11.1 Å². The molecule has 0 aliphatic heterocycles. The minimum Gasteiger partial charge on any atom is -0.399 e. The van der Waals surface area contributed by atoms with Gasteiger partial charge in [0.2, 0.25) is 5.91 Å². The first-order chi connectivity index (χ1) is 9.54. The van der Waals surface area contributed by atoms with Crippen molar-refractivity contribution in [3.05, 3.63) is 54.3 Å². The number of nitrogens with two attached hydrogens (primary N) is 1. The molecule has 0 radical (unpaired) electrons. The highest BCUT2D eigenvalue weighted by Crippen LogP contribution is 2.25. The summed E-state index contributed by atoms with van der Waals surface area (Å²) in [7, 11) is 0. The van der Waals surface area contributed by atoms with Gasteiger partial charge in [0, 0.05) is 16.3 Å². The Morgan fingerprint density at radius 1 is 1.15 bits per heavy atom. The maximum absolute atomic E-state index is 12.8. The van der Waals surface area contributed by atoms with E-state index >= 15 is 0 Å². The summed E-state index contributed by atoms with van der Waals surface area (Å²) in [6.45, 7) is 1.82. The summed E-state index contributed by atoms with van der Waals surface area (Å²) in [4.78, 5) is 13.0. The highest BCUT2D eigenvalue weighted by molar-refractivity contribution is 8.00. The summed E-state index contributed by atoms with van der Waals surface area (Å²) in [5, 5.41) is 2.49. The van der Waals surface area contributed by atoms with Gasteiger partial charge in [0.25, 0.3) is 0 Å². The number of nitrogen functional groups attached to an aromatic ring is 1. The Balaban J connectivity index is 1.94. The molecule has 1 amide bonds. The van der Waals surface area contributed by atoms with Crippen molar-refractivity contribution in [2.45, 2.75) is 17.1 Å². The molecule has 0 spiro atoms. The van der Waals surface area contributed by atoms with Gasteiger partial charge in [0.1, 0.15) is 5.82 Å². The molecule has 0 aliphatic carbocycles. The Bertz CT molecular complexity index is 584. The molecular formula is C15H15FN2OS. The minimum absolute atomic E-state index is 0.126. The number of anilines is 2. The number of halogens is 1. The molecule has 2 aromatic carbocycles. The van der Waals surface area contributed by atoms with Gasteiger partial charge in [0.15, 0.2) is 0 Å². The highest BCUT2D eigenvalue weighted by atomic mass is 32.2. The van der Waals surface area contributed by atoms with Crippen molar-refractivity contribution in [1.29, 1.82) is 0 Å². The Kier molecular flexibility index (Phi) is 4.63. The van der Waals surface area contributed by atoms with Crippen LogP contribution in [0.4, 0.5) is 15.8 Å². The molecule has 1 unspecified atom stereocenters. The van der Waals surface area contributed by atoms with E-state index in [0.29, 0.717) is 11.4 Å². The number of amides is 1. The fraction of sp³-hybridized carbons (Fsp3) is 0.133. The van der Waals surface area contributed by atoms with Crippen LogP contribution in [0.25, 0.3) is 0 Å². The first-order valence-electron chi connectivity index (χ1n) is 6.13. The van der Waals surface area contributed by atoms with Gasteiger partial charge in [-0.15, -0.1) is 11.8 Å². The maximum Gasteiger partial charge on any atom is 0.237 e. The molecule has 0 aromatic heterocycles. The molecule has 0 saturated heterocycles. The fourth-order valence-electron chi connectivity index (χ4n) is 1.58. The first-order valence-corrected chi connectivity index (χ1v) is 7.01. The monoisotopic (exact) mass is 290 g/mol. The standard InChI is InChI=1S/C15H15FN2OS/c1-10(20-14-8-4-12(17)5-9-14)15(19)18-13-6-2-11(16)3-7-13/h2-10H,17H2,1H3,(H,18,19). The van der Waals surface area contributed by atoms with Crippen LogP contribution in [0.5, 0.6) is 0 Å². The SMILES string of the molecule is CC(Sc1ccc(N)cc1)C(=O)Nc1ccc(F)cc1. The fourth-order valence-corrected chi connectivity index (χ4v) is 2.45. The van der Waals surface area contributed by atoms with Crippen LogP contribution in [0.1, 0.15) is 6.92 Å². The second-order valence-electron chi connectivity index (χ2n) is 4.33. The van der Waals surface area contributed by atoms with Crippen LogP contribution < -0.4 is 11.1 Å². The van der Waals surface area contributed by atoms with Crippen molar-refractivity contribution < 1.29 is 9.18 Å². The van der Waals surface area contributed by atoms with Gasteiger partial charge in [-0.3, -0.25) is 4.79 Å². The highest BCUT2D eigenvalue weighted by Gasteiger charge is 2.14. The van der Waals surface area contributed by atoms with Crippen LogP contribution in [-0.2, 0) is 4.79 Å². The van der Waals surface area contributed by atoms with Gasteiger partial charge < -0.3 is 11.1 Å². The summed E-state index contributed by atoms with van der Waals surface area (Å²) in [5.74, 6) is -0.453. The van der Waals surface area contributed by atoms with Gasteiger partial charge >= 0.3 is 0 Å². The lowest BCUT2D eigenvalue weighted by atomic mass is 10.3. The molecule has 3 N–H and O–H groups in total. The van der Waals surface area contributed by atoms with Gasteiger partial charge in [-0.1, -0.05) is 0 Å². The van der Waals surface area contributed by atoms with E-state index in [1.807, 2.05) is 19.1 Å². The predicted octanol–water partition coefficient (Wildman–Crippen LogP) is 3.53. The van der Waals surface area contributed by atoms with E-state index in [4.69, 9.17) is 5.73 Å². The number of carbonyl (C=O) groups excluding carboxylic acids is 1. The third kappa shape index (κ3) is 3.99. The first kappa shape index (κ1) is 14.4. The zero-order chi connectivity index (χ0) is 14.5. The van der Waals surface area contributed by atoms with Crippen LogP contribution in [0, 0.1) is 5.82 Å². The van der Waals surface area contributed by atoms with E-state index in [-0.39, 0.29) is 17.0 Å². The smallest absolute Gasteiger partial charge is 0.237 e. The topological polar surface area (TPSA) is 55.1 Å². The van der Waals surface area contributed by atoms with Crippen LogP contribution in [0.3, 0.4) is 0 Å². The van der Waals surface area contributed by atoms with Crippen LogP contribution >= 0.6 is 11.8 Å². The van der Waals surface area contributed by atoms with Crippen LogP contribution in [0.2, 0.25) is 0 Å². The zero-order valence-corrected chi connectivity index (χ0v) is 11.8. The number of benzene rings is 2. The molecule has 3 nitrogen and oxygen atoms in total. The van der Waals surface area contributed by atoms with Crippen molar-refractivity contribution >= 4 is 29.0 Å². The molecule has 0 heterocycles. The second-order valence-corrected chi connectivity index (χ2v) is 5.74. The van der Waals surface area contributed by atoms with Crippen molar-refractivity contribution in [3.8, 4) is 0 Å². The van der Waals surface area contributed by atoms with E-state index < -0.39 is 0 Å². The number of hydrogen-bond acceptors (Lipinski definition) is 3. The molecule has 2 aromatic rings. The lowest BCUT2D eigenvalue weighted by molar-refractivity contribution is -0.115. The lowest BCUT2D eigenvalue weighted by Crippen LogP contribution is -2.22. The molecule has 0 aliphatic rings. The number of nitrogens with one attached hydrogen (secondary N) is 1. The normalized spacial score (nSPS) is 11.9. The predicted molar refractivity (Wildman–Crippen MR) is 81.2 cm³/mol. The largest absolute Gasteiger partial charge is 0.399 e. The number of hydrogen-bond donors (Lipinski definition) is 2. The average Bonchev–Trinajstić information content (AvgIpc) is 2.44. The van der Waals surface area contributed by atoms with Crippen LogP contribution in [-0.4, -0.2) is 11.2 Å².